The van der Waals surface area contributed by atoms with Crippen LogP contribution in [0.3, 0.4) is 0 Å². The molecule has 0 aliphatic heterocycles. The lowest BCUT2D eigenvalue weighted by Crippen LogP contribution is -2.34. The number of nitriles is 1. The van der Waals surface area contributed by atoms with Gasteiger partial charge in [-0.05, 0) is 43.9 Å². The molecule has 0 bridgehead atoms. The third kappa shape index (κ3) is 2.23. The van der Waals surface area contributed by atoms with Crippen LogP contribution in [0.25, 0.3) is 0 Å². The number of ether oxygens (including phenoxy) is 1. The van der Waals surface area contributed by atoms with Crippen molar-refractivity contribution in [1.29, 1.82) is 5.26 Å². The molecule has 2 nitrogen and oxygen atoms in total. The van der Waals surface area contributed by atoms with Gasteiger partial charge < -0.3 is 4.74 Å². The maximum atomic E-state index is 13.8. The Hall–Kier alpha value is -1.47. The zero-order valence-corrected chi connectivity index (χ0v) is 10.2. The molecule has 0 saturated heterocycles. The minimum atomic E-state index is -0.915. The molecule has 0 spiro atoms. The standard InChI is InChI=1S/C14H15F2NO/c1-18-11-4-6-14(9-17,7-5-11)12-8-10(15)2-3-13(12)16/h2-3,8,11H,4-7H2,1H3. The van der Waals surface area contributed by atoms with E-state index in [1.807, 2.05) is 0 Å². The molecule has 1 aromatic carbocycles. The van der Waals surface area contributed by atoms with Crippen LogP contribution >= 0.6 is 0 Å². The first-order valence-electron chi connectivity index (χ1n) is 6.01. The van der Waals surface area contributed by atoms with Crippen molar-refractivity contribution >= 4 is 0 Å². The van der Waals surface area contributed by atoms with Crippen LogP contribution in [0.2, 0.25) is 0 Å². The van der Waals surface area contributed by atoms with Gasteiger partial charge in [0.25, 0.3) is 0 Å². The Balaban J connectivity index is 2.34. The molecule has 1 aromatic rings. The van der Waals surface area contributed by atoms with Gasteiger partial charge in [-0.1, -0.05) is 0 Å². The van der Waals surface area contributed by atoms with Gasteiger partial charge in [0.15, 0.2) is 0 Å². The van der Waals surface area contributed by atoms with Gasteiger partial charge in [-0.15, -0.1) is 0 Å². The summed E-state index contributed by atoms with van der Waals surface area (Å²) in [5, 5.41) is 9.39. The molecule has 0 aromatic heterocycles. The summed E-state index contributed by atoms with van der Waals surface area (Å²) < 4.78 is 32.3. The molecule has 0 radical (unpaired) electrons. The highest BCUT2D eigenvalue weighted by molar-refractivity contribution is 5.34. The van der Waals surface area contributed by atoms with Crippen LogP contribution in [0.5, 0.6) is 0 Å². The monoisotopic (exact) mass is 251 g/mol. The topological polar surface area (TPSA) is 33.0 Å². The molecule has 2 rings (SSSR count). The number of halogens is 2. The van der Waals surface area contributed by atoms with E-state index in [-0.39, 0.29) is 11.7 Å². The van der Waals surface area contributed by atoms with Crippen molar-refractivity contribution in [3.05, 3.63) is 35.4 Å². The molecule has 18 heavy (non-hydrogen) atoms. The van der Waals surface area contributed by atoms with E-state index in [0.29, 0.717) is 25.7 Å². The minimum absolute atomic E-state index is 0.114. The average molecular weight is 251 g/mol. The highest BCUT2D eigenvalue weighted by Gasteiger charge is 2.39. The van der Waals surface area contributed by atoms with Gasteiger partial charge in [0, 0.05) is 12.7 Å². The second kappa shape index (κ2) is 5.03. The zero-order chi connectivity index (χ0) is 13.2. The van der Waals surface area contributed by atoms with E-state index in [2.05, 4.69) is 6.07 Å². The van der Waals surface area contributed by atoms with Crippen LogP contribution in [-0.4, -0.2) is 13.2 Å². The molecule has 4 heteroatoms. The molecule has 1 aliphatic carbocycles. The van der Waals surface area contributed by atoms with Crippen LogP contribution in [0.4, 0.5) is 8.78 Å². The summed E-state index contributed by atoms with van der Waals surface area (Å²) in [6.45, 7) is 0. The first kappa shape index (κ1) is 13.0. The molecule has 0 amide bonds. The fraction of sp³-hybridized carbons (Fsp3) is 0.500. The van der Waals surface area contributed by atoms with Gasteiger partial charge >= 0.3 is 0 Å². The maximum absolute atomic E-state index is 13.8. The van der Waals surface area contributed by atoms with Gasteiger partial charge in [-0.25, -0.2) is 8.78 Å². The van der Waals surface area contributed by atoms with Gasteiger partial charge in [0.1, 0.15) is 11.6 Å². The second-order valence-electron chi connectivity index (χ2n) is 4.75. The van der Waals surface area contributed by atoms with Gasteiger partial charge in [0.05, 0.1) is 17.6 Å². The summed E-state index contributed by atoms with van der Waals surface area (Å²) in [4.78, 5) is 0. The molecule has 0 N–H and O–H groups in total. The Kier molecular flexibility index (Phi) is 3.63. The van der Waals surface area contributed by atoms with Crippen molar-refractivity contribution in [2.24, 2.45) is 0 Å². The second-order valence-corrected chi connectivity index (χ2v) is 4.75. The Labute approximate surface area is 105 Å². The number of rotatable bonds is 2. The Morgan fingerprint density at radius 1 is 1.33 bits per heavy atom. The lowest BCUT2D eigenvalue weighted by Gasteiger charge is -2.34. The summed E-state index contributed by atoms with van der Waals surface area (Å²) in [5.74, 6) is -1.01. The van der Waals surface area contributed by atoms with E-state index in [9.17, 15) is 14.0 Å². The average Bonchev–Trinajstić information content (AvgIpc) is 2.41. The highest BCUT2D eigenvalue weighted by atomic mass is 19.1. The third-order valence-electron chi connectivity index (χ3n) is 3.78. The van der Waals surface area contributed by atoms with E-state index in [1.54, 1.807) is 7.11 Å². The van der Waals surface area contributed by atoms with Crippen LogP contribution < -0.4 is 0 Å². The van der Waals surface area contributed by atoms with Crippen LogP contribution in [0.15, 0.2) is 18.2 Å². The normalized spacial score (nSPS) is 27.8. The number of nitrogens with zero attached hydrogens (tertiary/aromatic N) is 1. The molecule has 1 saturated carbocycles. The highest BCUT2D eigenvalue weighted by Crippen LogP contribution is 2.40. The quantitative estimate of drug-likeness (QED) is 0.807. The third-order valence-corrected chi connectivity index (χ3v) is 3.78. The fourth-order valence-corrected chi connectivity index (χ4v) is 2.63. The molecule has 96 valence electrons. The van der Waals surface area contributed by atoms with Crippen molar-refractivity contribution in [3.8, 4) is 6.07 Å². The van der Waals surface area contributed by atoms with Gasteiger partial charge in [0.2, 0.25) is 0 Å². The van der Waals surface area contributed by atoms with Crippen molar-refractivity contribution < 1.29 is 13.5 Å². The van der Waals surface area contributed by atoms with Gasteiger partial charge in [-0.2, -0.15) is 5.26 Å². The van der Waals surface area contributed by atoms with Crippen molar-refractivity contribution in [1.82, 2.24) is 0 Å². The lowest BCUT2D eigenvalue weighted by molar-refractivity contribution is 0.0568. The van der Waals surface area contributed by atoms with Crippen LogP contribution in [-0.2, 0) is 10.2 Å². The molecule has 0 heterocycles. The number of methoxy groups -OCH3 is 1. The largest absolute Gasteiger partial charge is 0.381 e. The summed E-state index contributed by atoms with van der Waals surface area (Å²) >= 11 is 0. The summed E-state index contributed by atoms with van der Waals surface area (Å²) in [5.41, 5.74) is -0.735. The molecule has 1 aliphatic rings. The van der Waals surface area contributed by atoms with Crippen molar-refractivity contribution in [2.75, 3.05) is 7.11 Å². The minimum Gasteiger partial charge on any atom is -0.381 e. The van der Waals surface area contributed by atoms with E-state index < -0.39 is 17.0 Å². The summed E-state index contributed by atoms with van der Waals surface area (Å²) in [6.07, 6.45) is 2.51. The SMILES string of the molecule is COC1CCC(C#N)(c2cc(F)ccc2F)CC1. The predicted molar refractivity (Wildman–Crippen MR) is 62.9 cm³/mol. The molecule has 0 atom stereocenters. The Morgan fingerprint density at radius 3 is 2.56 bits per heavy atom. The van der Waals surface area contributed by atoms with E-state index in [4.69, 9.17) is 4.74 Å². The fourth-order valence-electron chi connectivity index (χ4n) is 2.63. The first-order chi connectivity index (χ1) is 8.61. The summed E-state index contributed by atoms with van der Waals surface area (Å²) in [6, 6.07) is 5.49. The Bertz CT molecular complexity index is 473. The lowest BCUT2D eigenvalue weighted by atomic mass is 9.69. The number of benzene rings is 1. The number of hydrogen-bond donors (Lipinski definition) is 0. The maximum Gasteiger partial charge on any atom is 0.128 e. The smallest absolute Gasteiger partial charge is 0.128 e. The van der Waals surface area contributed by atoms with Crippen molar-refractivity contribution in [3.63, 3.8) is 0 Å². The molecular weight excluding hydrogens is 236 g/mol. The number of hydrogen-bond acceptors (Lipinski definition) is 2. The van der Waals surface area contributed by atoms with E-state index in [1.165, 1.54) is 0 Å². The molecule has 1 fully saturated rings. The van der Waals surface area contributed by atoms with Crippen molar-refractivity contribution in [2.45, 2.75) is 37.2 Å². The predicted octanol–water partition coefficient (Wildman–Crippen LogP) is 3.32. The van der Waals surface area contributed by atoms with Crippen LogP contribution in [0.1, 0.15) is 31.2 Å². The van der Waals surface area contributed by atoms with E-state index >= 15 is 0 Å². The van der Waals surface area contributed by atoms with E-state index in [0.717, 1.165) is 18.2 Å². The van der Waals surface area contributed by atoms with Crippen LogP contribution in [0, 0.1) is 23.0 Å². The first-order valence-corrected chi connectivity index (χ1v) is 6.01. The van der Waals surface area contributed by atoms with Gasteiger partial charge in [-0.3, -0.25) is 0 Å². The molecular formula is C14H15F2NO. The Morgan fingerprint density at radius 2 is 2.00 bits per heavy atom. The summed E-state index contributed by atoms with van der Waals surface area (Å²) in [7, 11) is 1.63. The molecule has 0 unspecified atom stereocenters. The zero-order valence-electron chi connectivity index (χ0n) is 10.2.